The number of hydrogen-bond acceptors (Lipinski definition) is 7. The summed E-state index contributed by atoms with van der Waals surface area (Å²) in [4.78, 5) is 0. The highest BCUT2D eigenvalue weighted by Gasteiger charge is 2.53. The first-order valence-corrected chi connectivity index (χ1v) is 15.0. The summed E-state index contributed by atoms with van der Waals surface area (Å²) in [6.07, 6.45) is 0. The van der Waals surface area contributed by atoms with Crippen molar-refractivity contribution in [3.05, 3.63) is 0 Å². The Morgan fingerprint density at radius 1 is 0.522 bits per heavy atom. The second-order valence-corrected chi connectivity index (χ2v) is 13.7. The molecule has 0 N–H and O–H groups in total. The zero-order chi connectivity index (χ0) is 18.0. The minimum Gasteiger partial charge on any atom is -0.394 e. The van der Waals surface area contributed by atoms with Gasteiger partial charge in [-0.3, -0.25) is 0 Å². The molecule has 0 aliphatic heterocycles. The van der Waals surface area contributed by atoms with Crippen molar-refractivity contribution >= 4 is 26.4 Å². The fourth-order valence-electron chi connectivity index (χ4n) is 2.14. The van der Waals surface area contributed by atoms with E-state index in [0.29, 0.717) is 33.0 Å². The second kappa shape index (κ2) is 11.1. The normalized spacial score (nSPS) is 13.6. The van der Waals surface area contributed by atoms with E-state index in [4.69, 9.17) is 30.4 Å². The third kappa shape index (κ3) is 8.86. The summed E-state index contributed by atoms with van der Waals surface area (Å²) in [7, 11) is -8.65. The van der Waals surface area contributed by atoms with Crippen LogP contribution in [0.2, 0.25) is 19.6 Å². The monoisotopic (exact) mass is 386 g/mol. The zero-order valence-corrected chi connectivity index (χ0v) is 18.9. The van der Waals surface area contributed by atoms with Crippen molar-refractivity contribution in [2.24, 2.45) is 0 Å². The minimum atomic E-state index is -3.23. The fraction of sp³-hybridized carbons (Fsp3) is 1.00. The van der Waals surface area contributed by atoms with Crippen LogP contribution in [0.5, 0.6) is 0 Å². The Morgan fingerprint density at radius 2 is 0.870 bits per heavy atom. The first kappa shape index (κ1) is 23.4. The van der Waals surface area contributed by atoms with E-state index >= 15 is 0 Å². The minimum absolute atomic E-state index is 0.447. The van der Waals surface area contributed by atoms with Crippen molar-refractivity contribution < 1.29 is 30.4 Å². The smallest absolute Gasteiger partial charge is 0.394 e. The molecule has 0 amide bonds. The predicted octanol–water partition coefficient (Wildman–Crippen LogP) is 2.91. The van der Waals surface area contributed by atoms with Crippen LogP contribution in [-0.4, -0.2) is 59.4 Å². The molecule has 0 rings (SSSR count). The molecule has 10 heteroatoms. The van der Waals surface area contributed by atoms with Crippen molar-refractivity contribution in [2.75, 3.05) is 33.0 Å². The fourth-order valence-corrected chi connectivity index (χ4v) is 12.3. The highest BCUT2D eigenvalue weighted by Crippen LogP contribution is 2.24. The Hall–Kier alpha value is 0.371. The summed E-state index contributed by atoms with van der Waals surface area (Å²) in [5.41, 5.74) is 0. The Labute approximate surface area is 144 Å². The molecule has 0 heterocycles. The molecule has 0 saturated carbocycles. The first-order chi connectivity index (χ1) is 10.7. The van der Waals surface area contributed by atoms with Crippen LogP contribution >= 0.6 is 0 Å². The maximum Gasteiger partial charge on any atom is 0.670 e. The number of hydrogen-bond donors (Lipinski definition) is 0. The van der Waals surface area contributed by atoms with E-state index < -0.39 is 26.4 Å². The lowest BCUT2D eigenvalue weighted by atomic mass is 10.9. The molecule has 0 aromatic carbocycles. The molecule has 0 saturated heterocycles. The third-order valence-electron chi connectivity index (χ3n) is 2.58. The van der Waals surface area contributed by atoms with Crippen LogP contribution in [0.3, 0.4) is 0 Å². The van der Waals surface area contributed by atoms with E-state index in [-0.39, 0.29) is 0 Å². The molecule has 7 nitrogen and oxygen atoms in total. The van der Waals surface area contributed by atoms with Crippen LogP contribution in [-0.2, 0) is 30.4 Å². The SMILES string of the molecule is CCO[Si](C)(OCC)O[Si](C)(C)O[Si](OCC)(OCC)OCC. The summed E-state index contributed by atoms with van der Waals surface area (Å²) < 4.78 is 41.1. The Bertz CT molecular complexity index is 295. The van der Waals surface area contributed by atoms with Gasteiger partial charge in [0.05, 0.1) is 0 Å². The van der Waals surface area contributed by atoms with Gasteiger partial charge in [0.2, 0.25) is 0 Å². The molecule has 0 fully saturated rings. The van der Waals surface area contributed by atoms with Gasteiger partial charge in [0.1, 0.15) is 0 Å². The largest absolute Gasteiger partial charge is 0.670 e. The summed E-state index contributed by atoms with van der Waals surface area (Å²) in [6.45, 7) is 17.6. The van der Waals surface area contributed by atoms with Crippen LogP contribution in [0.15, 0.2) is 0 Å². The summed E-state index contributed by atoms with van der Waals surface area (Å²) in [5, 5.41) is 0. The van der Waals surface area contributed by atoms with Gasteiger partial charge in [0.25, 0.3) is 0 Å². The first-order valence-electron chi connectivity index (χ1n) is 8.32. The van der Waals surface area contributed by atoms with Crippen molar-refractivity contribution in [3.63, 3.8) is 0 Å². The maximum atomic E-state index is 6.21. The molecule has 0 spiro atoms. The van der Waals surface area contributed by atoms with Crippen LogP contribution in [0, 0.1) is 0 Å². The maximum absolute atomic E-state index is 6.21. The van der Waals surface area contributed by atoms with Gasteiger partial charge < -0.3 is 30.4 Å². The van der Waals surface area contributed by atoms with Crippen molar-refractivity contribution in [2.45, 2.75) is 54.3 Å². The average Bonchev–Trinajstić information content (AvgIpc) is 2.38. The molecular formula is C13H34O7Si3. The van der Waals surface area contributed by atoms with Crippen LogP contribution in [0.25, 0.3) is 0 Å². The van der Waals surface area contributed by atoms with Crippen LogP contribution in [0.4, 0.5) is 0 Å². The molecule has 0 aliphatic carbocycles. The third-order valence-corrected chi connectivity index (χ3v) is 12.5. The highest BCUT2D eigenvalue weighted by molar-refractivity contribution is 6.81. The Balaban J connectivity index is 5.18. The van der Waals surface area contributed by atoms with E-state index in [0.717, 1.165) is 0 Å². The van der Waals surface area contributed by atoms with Gasteiger partial charge >= 0.3 is 26.4 Å². The highest BCUT2D eigenvalue weighted by atomic mass is 28.5. The molecule has 0 atom stereocenters. The topological polar surface area (TPSA) is 64.6 Å². The van der Waals surface area contributed by atoms with Gasteiger partial charge in [0.15, 0.2) is 0 Å². The molecule has 140 valence electrons. The van der Waals surface area contributed by atoms with Gasteiger partial charge in [0, 0.05) is 39.6 Å². The summed E-state index contributed by atoms with van der Waals surface area (Å²) >= 11 is 0. The second-order valence-electron chi connectivity index (χ2n) is 5.13. The van der Waals surface area contributed by atoms with E-state index in [1.165, 1.54) is 0 Å². The molecule has 0 aliphatic rings. The zero-order valence-electron chi connectivity index (χ0n) is 15.9. The van der Waals surface area contributed by atoms with Crippen molar-refractivity contribution in [1.29, 1.82) is 0 Å². The van der Waals surface area contributed by atoms with E-state index in [1.54, 1.807) is 0 Å². The van der Waals surface area contributed by atoms with Gasteiger partial charge in [-0.05, 0) is 47.7 Å². The molecule has 0 aromatic rings. The molecule has 0 radical (unpaired) electrons. The molecule has 0 aromatic heterocycles. The quantitative estimate of drug-likeness (QED) is 0.425. The van der Waals surface area contributed by atoms with Gasteiger partial charge in [-0.2, -0.15) is 0 Å². The van der Waals surface area contributed by atoms with Crippen molar-refractivity contribution in [3.8, 4) is 0 Å². The molecule has 0 bridgehead atoms. The predicted molar refractivity (Wildman–Crippen MR) is 95.2 cm³/mol. The summed E-state index contributed by atoms with van der Waals surface area (Å²) in [6, 6.07) is 0. The lowest BCUT2D eigenvalue weighted by Crippen LogP contribution is -2.61. The molecular weight excluding hydrogens is 352 g/mol. The average molecular weight is 387 g/mol. The Morgan fingerprint density at radius 3 is 1.17 bits per heavy atom. The lowest BCUT2D eigenvalue weighted by molar-refractivity contribution is -0.00121. The van der Waals surface area contributed by atoms with Gasteiger partial charge in [-0.15, -0.1) is 0 Å². The van der Waals surface area contributed by atoms with Gasteiger partial charge in [-0.1, -0.05) is 0 Å². The van der Waals surface area contributed by atoms with E-state index in [2.05, 4.69) is 0 Å². The van der Waals surface area contributed by atoms with Crippen LogP contribution < -0.4 is 0 Å². The van der Waals surface area contributed by atoms with Crippen LogP contribution in [0.1, 0.15) is 34.6 Å². The Kier molecular flexibility index (Phi) is 11.3. The van der Waals surface area contributed by atoms with Crippen molar-refractivity contribution in [1.82, 2.24) is 0 Å². The van der Waals surface area contributed by atoms with E-state index in [9.17, 15) is 0 Å². The molecule has 23 heavy (non-hydrogen) atoms. The lowest BCUT2D eigenvalue weighted by Gasteiger charge is -2.38. The van der Waals surface area contributed by atoms with Gasteiger partial charge in [-0.25, -0.2) is 0 Å². The standard InChI is InChI=1S/C13H34O7Si3/c1-9-14-22(8,15-10-2)19-21(6,7)20-23(16-11-3,17-12-4)18-13-5/h9-13H2,1-8H3. The van der Waals surface area contributed by atoms with E-state index in [1.807, 2.05) is 54.3 Å². The number of rotatable bonds is 14. The molecule has 0 unspecified atom stereocenters. The summed E-state index contributed by atoms with van der Waals surface area (Å²) in [5.74, 6) is 0.